The van der Waals surface area contributed by atoms with Crippen LogP contribution in [0.1, 0.15) is 37.4 Å². The number of carbonyl (C=O) groups excluding carboxylic acids is 1. The Hall–Kier alpha value is -2.33. The third-order valence-electron chi connectivity index (χ3n) is 4.73. The summed E-state index contributed by atoms with van der Waals surface area (Å²) in [5.74, 6) is 0.928. The van der Waals surface area contributed by atoms with Crippen LogP contribution in [0.5, 0.6) is 5.75 Å². The zero-order valence-corrected chi connectivity index (χ0v) is 16.1. The molecule has 2 aromatic carbocycles. The van der Waals surface area contributed by atoms with E-state index in [-0.39, 0.29) is 11.9 Å². The maximum atomic E-state index is 12.3. The van der Waals surface area contributed by atoms with Crippen molar-refractivity contribution in [2.45, 2.75) is 32.7 Å². The van der Waals surface area contributed by atoms with Gasteiger partial charge in [0.05, 0.1) is 13.2 Å². The Morgan fingerprint density at radius 1 is 1.04 bits per heavy atom. The number of nitrogens with zero attached hydrogens (tertiary/aromatic N) is 1. The Bertz CT molecular complexity index is 652. The van der Waals surface area contributed by atoms with Crippen molar-refractivity contribution in [1.29, 1.82) is 0 Å². The second-order valence-corrected chi connectivity index (χ2v) is 6.30. The molecule has 0 heterocycles. The standard InChI is InChI=1S/C22H30N2O2/c1-4-24(5-2)21(19-9-7-6-8-10-19)17-23-22(25)16-13-18-11-14-20(26-3)15-12-18/h6-12,14-15,21H,4-5,13,16-17H2,1-3H3,(H,23,25). The molecule has 2 aromatic rings. The van der Waals surface area contributed by atoms with Crippen molar-refractivity contribution >= 4 is 5.91 Å². The average Bonchev–Trinajstić information content (AvgIpc) is 2.70. The van der Waals surface area contributed by atoms with Crippen LogP contribution >= 0.6 is 0 Å². The summed E-state index contributed by atoms with van der Waals surface area (Å²) in [5, 5.41) is 3.12. The minimum absolute atomic E-state index is 0.0916. The lowest BCUT2D eigenvalue weighted by molar-refractivity contribution is -0.121. The first-order valence-electron chi connectivity index (χ1n) is 9.36. The van der Waals surface area contributed by atoms with Gasteiger partial charge in [-0.25, -0.2) is 0 Å². The van der Waals surface area contributed by atoms with Crippen molar-refractivity contribution in [2.24, 2.45) is 0 Å². The van der Waals surface area contributed by atoms with E-state index in [1.165, 1.54) is 5.56 Å². The molecule has 0 fully saturated rings. The molecule has 4 nitrogen and oxygen atoms in total. The van der Waals surface area contributed by atoms with E-state index >= 15 is 0 Å². The molecule has 1 amide bonds. The zero-order valence-electron chi connectivity index (χ0n) is 16.1. The van der Waals surface area contributed by atoms with Gasteiger partial charge < -0.3 is 10.1 Å². The number of nitrogens with one attached hydrogen (secondary N) is 1. The molecule has 26 heavy (non-hydrogen) atoms. The molecular weight excluding hydrogens is 324 g/mol. The predicted octanol–water partition coefficient (Wildman–Crippen LogP) is 3.83. The quantitative estimate of drug-likeness (QED) is 0.705. The summed E-state index contributed by atoms with van der Waals surface area (Å²) in [6.07, 6.45) is 1.23. The molecule has 4 heteroatoms. The molecule has 0 aliphatic heterocycles. The molecule has 2 rings (SSSR count). The fourth-order valence-electron chi connectivity index (χ4n) is 3.15. The van der Waals surface area contributed by atoms with E-state index in [2.05, 4.69) is 48.3 Å². The van der Waals surface area contributed by atoms with E-state index in [4.69, 9.17) is 4.74 Å². The summed E-state index contributed by atoms with van der Waals surface area (Å²) in [5.41, 5.74) is 2.39. The molecule has 0 aliphatic carbocycles. The largest absolute Gasteiger partial charge is 0.497 e. The minimum Gasteiger partial charge on any atom is -0.497 e. The Kier molecular flexibility index (Phi) is 8.16. The van der Waals surface area contributed by atoms with E-state index in [0.29, 0.717) is 13.0 Å². The van der Waals surface area contributed by atoms with Crippen LogP contribution < -0.4 is 10.1 Å². The number of carbonyl (C=O) groups is 1. The number of hydrogen-bond acceptors (Lipinski definition) is 3. The number of amides is 1. The van der Waals surface area contributed by atoms with Crippen LogP contribution in [0.25, 0.3) is 0 Å². The summed E-state index contributed by atoms with van der Waals surface area (Å²) in [7, 11) is 1.65. The van der Waals surface area contributed by atoms with E-state index in [1.807, 2.05) is 30.3 Å². The topological polar surface area (TPSA) is 41.6 Å². The van der Waals surface area contributed by atoms with Crippen molar-refractivity contribution in [2.75, 3.05) is 26.7 Å². The highest BCUT2D eigenvalue weighted by atomic mass is 16.5. The lowest BCUT2D eigenvalue weighted by atomic mass is 10.0. The summed E-state index contributed by atoms with van der Waals surface area (Å²) < 4.78 is 5.16. The van der Waals surface area contributed by atoms with Gasteiger partial charge in [-0.2, -0.15) is 0 Å². The zero-order chi connectivity index (χ0) is 18.8. The van der Waals surface area contributed by atoms with Gasteiger partial charge in [0.1, 0.15) is 5.75 Å². The number of methoxy groups -OCH3 is 1. The van der Waals surface area contributed by atoms with Gasteiger partial charge in [-0.3, -0.25) is 9.69 Å². The Morgan fingerprint density at radius 3 is 2.27 bits per heavy atom. The number of hydrogen-bond donors (Lipinski definition) is 1. The van der Waals surface area contributed by atoms with E-state index in [0.717, 1.165) is 30.8 Å². The molecule has 0 spiro atoms. The molecule has 140 valence electrons. The van der Waals surface area contributed by atoms with Gasteiger partial charge in [0.15, 0.2) is 0 Å². The number of likely N-dealkylation sites (N-methyl/N-ethyl adjacent to an activating group) is 1. The third-order valence-corrected chi connectivity index (χ3v) is 4.73. The predicted molar refractivity (Wildman–Crippen MR) is 106 cm³/mol. The summed E-state index contributed by atoms with van der Waals surface area (Å²) >= 11 is 0. The van der Waals surface area contributed by atoms with Crippen molar-refractivity contribution in [3.8, 4) is 5.75 Å². The number of benzene rings is 2. The molecular formula is C22H30N2O2. The third kappa shape index (κ3) is 5.88. The van der Waals surface area contributed by atoms with Crippen LogP contribution in [0.15, 0.2) is 54.6 Å². The molecule has 0 saturated carbocycles. The molecule has 1 atom stereocenters. The van der Waals surface area contributed by atoms with Gasteiger partial charge in [-0.1, -0.05) is 56.3 Å². The van der Waals surface area contributed by atoms with Crippen molar-refractivity contribution in [3.63, 3.8) is 0 Å². The fourth-order valence-corrected chi connectivity index (χ4v) is 3.15. The van der Waals surface area contributed by atoms with Gasteiger partial charge >= 0.3 is 0 Å². The van der Waals surface area contributed by atoms with Gasteiger partial charge in [0, 0.05) is 13.0 Å². The number of ether oxygens (including phenoxy) is 1. The van der Waals surface area contributed by atoms with Gasteiger partial charge in [0.2, 0.25) is 5.91 Å². The summed E-state index contributed by atoms with van der Waals surface area (Å²) in [4.78, 5) is 14.7. The second kappa shape index (κ2) is 10.6. The first-order chi connectivity index (χ1) is 12.7. The monoisotopic (exact) mass is 354 g/mol. The molecule has 1 unspecified atom stereocenters. The van der Waals surface area contributed by atoms with Crippen LogP contribution in [0.2, 0.25) is 0 Å². The lowest BCUT2D eigenvalue weighted by Gasteiger charge is -2.30. The normalized spacial score (nSPS) is 12.0. The van der Waals surface area contributed by atoms with Gasteiger partial charge in [0.25, 0.3) is 0 Å². The first-order valence-corrected chi connectivity index (χ1v) is 9.36. The van der Waals surface area contributed by atoms with Crippen molar-refractivity contribution < 1.29 is 9.53 Å². The fraction of sp³-hybridized carbons (Fsp3) is 0.409. The molecule has 0 bridgehead atoms. The van der Waals surface area contributed by atoms with Gasteiger partial charge in [-0.15, -0.1) is 0 Å². The lowest BCUT2D eigenvalue weighted by Crippen LogP contribution is -2.38. The van der Waals surface area contributed by atoms with Crippen LogP contribution in [0.4, 0.5) is 0 Å². The first kappa shape index (κ1) is 20.0. The van der Waals surface area contributed by atoms with E-state index in [9.17, 15) is 4.79 Å². The van der Waals surface area contributed by atoms with Crippen LogP contribution in [0, 0.1) is 0 Å². The van der Waals surface area contributed by atoms with E-state index < -0.39 is 0 Å². The maximum absolute atomic E-state index is 12.3. The Morgan fingerprint density at radius 2 is 1.69 bits per heavy atom. The van der Waals surface area contributed by atoms with Crippen molar-refractivity contribution in [3.05, 3.63) is 65.7 Å². The molecule has 0 radical (unpaired) electrons. The smallest absolute Gasteiger partial charge is 0.220 e. The average molecular weight is 354 g/mol. The highest BCUT2D eigenvalue weighted by Gasteiger charge is 2.18. The summed E-state index contributed by atoms with van der Waals surface area (Å²) in [6, 6.07) is 18.5. The van der Waals surface area contributed by atoms with Crippen LogP contribution in [-0.4, -0.2) is 37.6 Å². The minimum atomic E-state index is 0.0916. The van der Waals surface area contributed by atoms with Gasteiger partial charge in [-0.05, 0) is 42.8 Å². The summed E-state index contributed by atoms with van der Waals surface area (Å²) in [6.45, 7) is 6.86. The SMILES string of the molecule is CCN(CC)C(CNC(=O)CCc1ccc(OC)cc1)c1ccccc1. The second-order valence-electron chi connectivity index (χ2n) is 6.30. The molecule has 0 aromatic heterocycles. The highest BCUT2D eigenvalue weighted by molar-refractivity contribution is 5.76. The highest BCUT2D eigenvalue weighted by Crippen LogP contribution is 2.19. The molecule has 0 aliphatic rings. The molecule has 0 saturated heterocycles. The molecule has 1 N–H and O–H groups in total. The van der Waals surface area contributed by atoms with E-state index in [1.54, 1.807) is 7.11 Å². The number of rotatable bonds is 10. The Labute approximate surface area is 157 Å². The van der Waals surface area contributed by atoms with Crippen LogP contribution in [-0.2, 0) is 11.2 Å². The Balaban J connectivity index is 1.89. The maximum Gasteiger partial charge on any atom is 0.220 e. The number of aryl methyl sites for hydroxylation is 1. The van der Waals surface area contributed by atoms with Crippen molar-refractivity contribution in [1.82, 2.24) is 10.2 Å². The van der Waals surface area contributed by atoms with Crippen LogP contribution in [0.3, 0.4) is 0 Å².